The summed E-state index contributed by atoms with van der Waals surface area (Å²) in [5.74, 6) is 1.98. The lowest BCUT2D eigenvalue weighted by Crippen LogP contribution is -2.40. The lowest BCUT2D eigenvalue weighted by Gasteiger charge is -2.21. The van der Waals surface area contributed by atoms with Crippen molar-refractivity contribution in [3.8, 4) is 11.5 Å². The number of nitrogens with two attached hydrogens (primary N) is 1. The molecule has 5 nitrogen and oxygen atoms in total. The van der Waals surface area contributed by atoms with Gasteiger partial charge in [0, 0.05) is 12.0 Å². The number of halogens is 1. The molecule has 0 saturated heterocycles. The number of methoxy groups -OCH3 is 2. The van der Waals surface area contributed by atoms with Gasteiger partial charge in [-0.3, -0.25) is 4.79 Å². The Balaban J connectivity index is 0.00000288. The molecule has 1 aromatic rings. The zero-order valence-electron chi connectivity index (χ0n) is 14.7. The molecule has 0 heterocycles. The Morgan fingerprint density at radius 3 is 2.62 bits per heavy atom. The summed E-state index contributed by atoms with van der Waals surface area (Å²) in [5, 5.41) is 3.13. The maximum atomic E-state index is 12.4. The Morgan fingerprint density at radius 2 is 2.00 bits per heavy atom. The number of benzene rings is 1. The van der Waals surface area contributed by atoms with Crippen LogP contribution in [0.3, 0.4) is 0 Å². The molecule has 1 aliphatic rings. The number of carbonyl (C=O) groups excluding carboxylic acids is 1. The second kappa shape index (κ2) is 9.74. The first-order chi connectivity index (χ1) is 11.1. The van der Waals surface area contributed by atoms with E-state index in [0.29, 0.717) is 24.0 Å². The molecule has 1 unspecified atom stereocenters. The van der Waals surface area contributed by atoms with Crippen molar-refractivity contribution in [1.82, 2.24) is 5.32 Å². The fourth-order valence-corrected chi connectivity index (χ4v) is 3.43. The van der Waals surface area contributed by atoms with Gasteiger partial charge in [-0.1, -0.05) is 12.5 Å². The first-order valence-corrected chi connectivity index (χ1v) is 8.30. The largest absolute Gasteiger partial charge is 0.493 e. The Morgan fingerprint density at radius 1 is 1.29 bits per heavy atom. The monoisotopic (exact) mass is 356 g/mol. The van der Waals surface area contributed by atoms with Crippen molar-refractivity contribution in [1.29, 1.82) is 0 Å². The van der Waals surface area contributed by atoms with Crippen molar-refractivity contribution in [3.63, 3.8) is 0 Å². The van der Waals surface area contributed by atoms with Crippen molar-refractivity contribution >= 4 is 18.3 Å². The molecule has 2 rings (SSSR count). The number of rotatable bonds is 7. The summed E-state index contributed by atoms with van der Waals surface area (Å²) in [7, 11) is 3.25. The van der Waals surface area contributed by atoms with Crippen LogP contribution in [0.5, 0.6) is 11.5 Å². The molecule has 136 valence electrons. The van der Waals surface area contributed by atoms with Crippen LogP contribution in [0.25, 0.3) is 0 Å². The Bertz CT molecular complexity index is 539. The van der Waals surface area contributed by atoms with Gasteiger partial charge in [0.1, 0.15) is 0 Å². The van der Waals surface area contributed by atoms with Crippen molar-refractivity contribution in [2.75, 3.05) is 20.8 Å². The van der Waals surface area contributed by atoms with Crippen molar-refractivity contribution in [3.05, 3.63) is 23.8 Å². The first-order valence-electron chi connectivity index (χ1n) is 8.30. The van der Waals surface area contributed by atoms with Crippen LogP contribution in [0, 0.1) is 11.8 Å². The molecule has 0 aromatic heterocycles. The molecule has 0 bridgehead atoms. The van der Waals surface area contributed by atoms with Crippen molar-refractivity contribution < 1.29 is 14.3 Å². The predicted molar refractivity (Wildman–Crippen MR) is 98.0 cm³/mol. The van der Waals surface area contributed by atoms with E-state index in [0.717, 1.165) is 31.2 Å². The minimum absolute atomic E-state index is 0. The van der Waals surface area contributed by atoms with E-state index in [9.17, 15) is 4.79 Å². The van der Waals surface area contributed by atoms with Crippen LogP contribution in [-0.2, 0) is 11.2 Å². The molecule has 3 atom stereocenters. The molecule has 1 aromatic carbocycles. The predicted octanol–water partition coefficient (Wildman–Crippen LogP) is 2.55. The summed E-state index contributed by atoms with van der Waals surface area (Å²) in [6.07, 6.45) is 3.88. The second-order valence-electron chi connectivity index (χ2n) is 6.34. The Kier molecular flexibility index (Phi) is 8.36. The maximum absolute atomic E-state index is 12.4. The Hall–Kier alpha value is -1.46. The summed E-state index contributed by atoms with van der Waals surface area (Å²) in [6, 6.07) is 5.92. The average molecular weight is 357 g/mol. The van der Waals surface area contributed by atoms with Crippen LogP contribution in [-0.4, -0.2) is 32.7 Å². The summed E-state index contributed by atoms with van der Waals surface area (Å²) >= 11 is 0. The maximum Gasteiger partial charge on any atom is 0.223 e. The van der Waals surface area contributed by atoms with E-state index >= 15 is 0 Å². The molecule has 0 spiro atoms. The quantitative estimate of drug-likeness (QED) is 0.787. The van der Waals surface area contributed by atoms with Gasteiger partial charge >= 0.3 is 0 Å². The first kappa shape index (κ1) is 20.6. The zero-order chi connectivity index (χ0) is 16.8. The molecule has 1 fully saturated rings. The van der Waals surface area contributed by atoms with Gasteiger partial charge < -0.3 is 20.5 Å². The summed E-state index contributed by atoms with van der Waals surface area (Å²) < 4.78 is 10.6. The van der Waals surface area contributed by atoms with Crippen LogP contribution < -0.4 is 20.5 Å². The SMILES string of the molecule is COc1ccc(CC(C)NC(=O)[C@@H]2CCC[C@@H]2CN)cc1OC.Cl. The van der Waals surface area contributed by atoms with Gasteiger partial charge in [-0.25, -0.2) is 0 Å². The van der Waals surface area contributed by atoms with Crippen molar-refractivity contribution in [2.24, 2.45) is 17.6 Å². The van der Waals surface area contributed by atoms with Crippen LogP contribution in [0.15, 0.2) is 18.2 Å². The zero-order valence-corrected chi connectivity index (χ0v) is 15.5. The van der Waals surface area contributed by atoms with E-state index in [1.165, 1.54) is 0 Å². The van der Waals surface area contributed by atoms with E-state index < -0.39 is 0 Å². The molecule has 6 heteroatoms. The number of hydrogen-bond donors (Lipinski definition) is 2. The molecule has 0 radical (unpaired) electrons. The standard InChI is InChI=1S/C18H28N2O3.ClH/c1-12(20-18(21)15-6-4-5-14(15)11-19)9-13-7-8-16(22-2)17(10-13)23-3;/h7-8,10,12,14-15H,4-6,9,11,19H2,1-3H3,(H,20,21);1H/t12?,14-,15-;/m1./s1. The topological polar surface area (TPSA) is 73.6 Å². The van der Waals surface area contributed by atoms with Crippen molar-refractivity contribution in [2.45, 2.75) is 38.6 Å². The van der Waals surface area contributed by atoms with Gasteiger partial charge in [-0.15, -0.1) is 12.4 Å². The number of carbonyl (C=O) groups is 1. The van der Waals surface area contributed by atoms with Gasteiger partial charge in [0.15, 0.2) is 11.5 Å². The molecule has 3 N–H and O–H groups in total. The van der Waals surface area contributed by atoms with Crippen LogP contribution >= 0.6 is 12.4 Å². The summed E-state index contributed by atoms with van der Waals surface area (Å²) in [4.78, 5) is 12.4. The average Bonchev–Trinajstić information content (AvgIpc) is 3.03. The molecule has 24 heavy (non-hydrogen) atoms. The molecule has 1 saturated carbocycles. The minimum atomic E-state index is 0. The highest BCUT2D eigenvalue weighted by atomic mass is 35.5. The molecule has 1 amide bonds. The van der Waals surface area contributed by atoms with E-state index in [1.54, 1.807) is 14.2 Å². The number of nitrogens with one attached hydrogen (secondary N) is 1. The normalized spacial score (nSPS) is 20.8. The van der Waals surface area contributed by atoms with Gasteiger partial charge in [0.2, 0.25) is 5.91 Å². The highest BCUT2D eigenvalue weighted by Crippen LogP contribution is 2.31. The molecule has 0 aliphatic heterocycles. The highest BCUT2D eigenvalue weighted by Gasteiger charge is 2.32. The molecular weight excluding hydrogens is 328 g/mol. The lowest BCUT2D eigenvalue weighted by molar-refractivity contribution is -0.126. The fourth-order valence-electron chi connectivity index (χ4n) is 3.43. The third kappa shape index (κ3) is 5.02. The third-order valence-corrected chi connectivity index (χ3v) is 4.68. The minimum Gasteiger partial charge on any atom is -0.493 e. The fraction of sp³-hybridized carbons (Fsp3) is 0.611. The molecular formula is C18H29ClN2O3. The second-order valence-corrected chi connectivity index (χ2v) is 6.34. The summed E-state index contributed by atoms with van der Waals surface area (Å²) in [5.41, 5.74) is 6.88. The number of hydrogen-bond acceptors (Lipinski definition) is 4. The van der Waals surface area contributed by atoms with Gasteiger partial charge in [-0.2, -0.15) is 0 Å². The smallest absolute Gasteiger partial charge is 0.223 e. The number of ether oxygens (including phenoxy) is 2. The molecule has 1 aliphatic carbocycles. The van der Waals surface area contributed by atoms with E-state index in [-0.39, 0.29) is 30.3 Å². The third-order valence-electron chi connectivity index (χ3n) is 4.68. The van der Waals surface area contributed by atoms with E-state index in [1.807, 2.05) is 25.1 Å². The Labute approximate surface area is 150 Å². The highest BCUT2D eigenvalue weighted by molar-refractivity contribution is 5.85. The lowest BCUT2D eigenvalue weighted by atomic mass is 9.95. The van der Waals surface area contributed by atoms with Gasteiger partial charge in [0.05, 0.1) is 14.2 Å². The number of amides is 1. The van der Waals surface area contributed by atoms with Crippen LogP contribution in [0.4, 0.5) is 0 Å². The van der Waals surface area contributed by atoms with Gasteiger partial charge in [-0.05, 0) is 56.3 Å². The summed E-state index contributed by atoms with van der Waals surface area (Å²) in [6.45, 7) is 2.63. The van der Waals surface area contributed by atoms with Crippen LogP contribution in [0.1, 0.15) is 31.7 Å². The van der Waals surface area contributed by atoms with E-state index in [2.05, 4.69) is 5.32 Å². The van der Waals surface area contributed by atoms with Crippen LogP contribution in [0.2, 0.25) is 0 Å². The van der Waals surface area contributed by atoms with Gasteiger partial charge in [0.25, 0.3) is 0 Å². The van der Waals surface area contributed by atoms with E-state index in [4.69, 9.17) is 15.2 Å².